The molecule has 0 atom stereocenters. The Morgan fingerprint density at radius 1 is 1.20 bits per heavy atom. The fraction of sp³-hybridized carbons (Fsp3) is 0.348. The van der Waals surface area contributed by atoms with E-state index in [0.29, 0.717) is 16.9 Å². The van der Waals surface area contributed by atoms with E-state index in [4.69, 9.17) is 4.52 Å². The van der Waals surface area contributed by atoms with Crippen LogP contribution in [0, 0.1) is 12.7 Å². The van der Waals surface area contributed by atoms with Crippen LogP contribution in [0.3, 0.4) is 0 Å². The van der Waals surface area contributed by atoms with E-state index in [0.717, 1.165) is 0 Å². The van der Waals surface area contributed by atoms with Crippen molar-refractivity contribution in [3.63, 3.8) is 0 Å². The molecule has 1 aromatic carbocycles. The van der Waals surface area contributed by atoms with Crippen LogP contribution in [0.1, 0.15) is 47.9 Å². The predicted molar refractivity (Wildman–Crippen MR) is 122 cm³/mol. The second-order valence-corrected chi connectivity index (χ2v) is 8.71. The Hall–Kier alpha value is -4.09. The minimum absolute atomic E-state index is 0.0402. The minimum atomic E-state index is -0.969. The monoisotopic (exact) mass is 482 g/mol. The summed E-state index contributed by atoms with van der Waals surface area (Å²) in [5, 5.41) is 10.8. The molecule has 0 bridgehead atoms. The van der Waals surface area contributed by atoms with Crippen molar-refractivity contribution in [2.24, 2.45) is 7.05 Å². The van der Waals surface area contributed by atoms with Gasteiger partial charge in [0.1, 0.15) is 18.8 Å². The summed E-state index contributed by atoms with van der Waals surface area (Å²) in [6.07, 6.45) is 3.36. The zero-order valence-corrected chi connectivity index (χ0v) is 19.7. The first kappa shape index (κ1) is 24.0. The molecule has 35 heavy (non-hydrogen) atoms. The summed E-state index contributed by atoms with van der Waals surface area (Å²) in [6.45, 7) is 4.14. The third-order valence-electron chi connectivity index (χ3n) is 5.47. The lowest BCUT2D eigenvalue weighted by molar-refractivity contribution is 0.0969. The van der Waals surface area contributed by atoms with Crippen molar-refractivity contribution in [3.05, 3.63) is 59.4 Å². The molecule has 4 rings (SSSR count). The molecule has 0 radical (unpaired) electrons. The van der Waals surface area contributed by atoms with Crippen LogP contribution in [0.25, 0.3) is 11.4 Å². The first-order valence-electron chi connectivity index (χ1n) is 10.9. The lowest BCUT2D eigenvalue weighted by Gasteiger charge is -2.13. The van der Waals surface area contributed by atoms with Crippen LogP contribution in [0.4, 0.5) is 20.5 Å². The van der Waals surface area contributed by atoms with Crippen molar-refractivity contribution in [3.8, 4) is 11.4 Å². The van der Waals surface area contributed by atoms with E-state index < -0.39 is 17.9 Å². The molecular weight excluding hydrogens is 458 g/mol. The first-order valence-corrected chi connectivity index (χ1v) is 10.9. The molecule has 1 N–H and O–H groups in total. The smallest absolute Gasteiger partial charge is 0.238 e. The summed E-state index contributed by atoms with van der Waals surface area (Å²) >= 11 is 0. The van der Waals surface area contributed by atoms with E-state index >= 15 is 4.39 Å². The van der Waals surface area contributed by atoms with Crippen LogP contribution in [0.5, 0.6) is 0 Å². The van der Waals surface area contributed by atoms with Crippen LogP contribution < -0.4 is 5.32 Å². The lowest BCUT2D eigenvalue weighted by atomic mass is 9.96. The zero-order valence-electron chi connectivity index (χ0n) is 19.7. The fourth-order valence-electron chi connectivity index (χ4n) is 3.28. The molecule has 0 aliphatic rings. The first-order chi connectivity index (χ1) is 16.7. The topological polar surface area (TPSA) is 125 Å². The van der Waals surface area contributed by atoms with Crippen molar-refractivity contribution in [1.82, 2.24) is 34.9 Å². The van der Waals surface area contributed by atoms with Gasteiger partial charge in [-0.15, -0.1) is 0 Å². The molecule has 12 heteroatoms. The number of carbonyl (C=O) groups is 1. The maximum Gasteiger partial charge on any atom is 0.238 e. The number of hydrogen-bond acceptors (Lipinski definition) is 9. The van der Waals surface area contributed by atoms with E-state index in [1.54, 1.807) is 56.9 Å². The maximum atomic E-state index is 15.2. The van der Waals surface area contributed by atoms with Crippen molar-refractivity contribution < 1.29 is 18.1 Å². The number of aryl methyl sites for hydroxylation is 2. The molecule has 3 aromatic heterocycles. The van der Waals surface area contributed by atoms with E-state index in [-0.39, 0.29) is 47.7 Å². The molecule has 4 aromatic rings. The second kappa shape index (κ2) is 9.65. The van der Waals surface area contributed by atoms with Crippen LogP contribution in [-0.4, -0.2) is 47.3 Å². The standard InChI is InChI=1S/C23H24F2N8O2/c1-13-14(6-8-16(34)20-29-21(35-32-20)23(2,3)11-24)5-7-15(18(13)25)19-26-12-27-22(30-19)28-17-9-10-33(4)31-17/h5,7,9-10,12H,6,8,11H2,1-4H3,(H,26,27,28,30,31). The normalized spacial score (nSPS) is 11.6. The number of nitrogens with zero attached hydrogens (tertiary/aromatic N) is 7. The number of benzene rings is 1. The molecule has 0 saturated carbocycles. The maximum absolute atomic E-state index is 15.2. The van der Waals surface area contributed by atoms with Crippen LogP contribution in [-0.2, 0) is 18.9 Å². The number of carbonyl (C=O) groups excluding carboxylic acids is 1. The molecule has 182 valence electrons. The lowest BCUT2D eigenvalue weighted by Crippen LogP contribution is -2.20. The van der Waals surface area contributed by atoms with Crippen LogP contribution >= 0.6 is 0 Å². The van der Waals surface area contributed by atoms with Crippen molar-refractivity contribution in [2.75, 3.05) is 12.0 Å². The SMILES string of the molecule is Cc1c(CCC(=O)c2noc(C(C)(C)CF)n2)ccc(-c2ncnc(Nc3ccn(C)n3)n2)c1F. The zero-order chi connectivity index (χ0) is 25.2. The predicted octanol–water partition coefficient (Wildman–Crippen LogP) is 3.91. The number of aromatic nitrogens is 7. The molecule has 0 amide bonds. The third-order valence-corrected chi connectivity index (χ3v) is 5.47. The van der Waals surface area contributed by atoms with Crippen LogP contribution in [0.2, 0.25) is 0 Å². The Balaban J connectivity index is 1.47. The van der Waals surface area contributed by atoms with Gasteiger partial charge < -0.3 is 9.84 Å². The highest BCUT2D eigenvalue weighted by Crippen LogP contribution is 2.26. The molecule has 0 aliphatic carbocycles. The molecule has 0 saturated heterocycles. The van der Waals surface area contributed by atoms with Gasteiger partial charge in [-0.1, -0.05) is 11.2 Å². The average Bonchev–Trinajstić information content (AvgIpc) is 3.50. The number of halogens is 2. The Morgan fingerprint density at radius 2 is 2.00 bits per heavy atom. The van der Waals surface area contributed by atoms with Crippen molar-refractivity contribution in [1.29, 1.82) is 0 Å². The highest BCUT2D eigenvalue weighted by molar-refractivity contribution is 5.92. The molecule has 0 unspecified atom stereocenters. The molecule has 0 aliphatic heterocycles. The van der Waals surface area contributed by atoms with E-state index in [2.05, 4.69) is 35.5 Å². The van der Waals surface area contributed by atoms with E-state index in [1.165, 1.54) is 6.33 Å². The number of ketones is 1. The van der Waals surface area contributed by atoms with Gasteiger partial charge in [-0.25, -0.2) is 18.7 Å². The molecule has 0 spiro atoms. The van der Waals surface area contributed by atoms with Gasteiger partial charge in [0.05, 0.1) is 11.0 Å². The van der Waals surface area contributed by atoms with Gasteiger partial charge in [0, 0.05) is 25.7 Å². The Kier molecular flexibility index (Phi) is 6.63. The Morgan fingerprint density at radius 3 is 2.71 bits per heavy atom. The summed E-state index contributed by atoms with van der Waals surface area (Å²) in [7, 11) is 1.78. The molecular formula is C23H24F2N8O2. The van der Waals surface area contributed by atoms with Gasteiger partial charge in [0.2, 0.25) is 23.4 Å². The van der Waals surface area contributed by atoms with Gasteiger partial charge in [-0.2, -0.15) is 15.1 Å². The highest BCUT2D eigenvalue weighted by atomic mass is 19.1. The molecule has 0 fully saturated rings. The Labute approximate surface area is 199 Å². The second-order valence-electron chi connectivity index (χ2n) is 8.71. The number of anilines is 2. The van der Waals surface area contributed by atoms with E-state index in [1.807, 2.05) is 0 Å². The summed E-state index contributed by atoms with van der Waals surface area (Å²) in [4.78, 5) is 29.0. The van der Waals surface area contributed by atoms with Crippen molar-refractivity contribution in [2.45, 2.75) is 39.0 Å². The average molecular weight is 482 g/mol. The third kappa shape index (κ3) is 5.20. The van der Waals surface area contributed by atoms with E-state index in [9.17, 15) is 9.18 Å². The quantitative estimate of drug-likeness (QED) is 0.354. The van der Waals surface area contributed by atoms with Gasteiger partial charge in [-0.3, -0.25) is 9.48 Å². The molecule has 3 heterocycles. The summed E-state index contributed by atoms with van der Waals surface area (Å²) in [6, 6.07) is 5.05. The number of rotatable bonds is 9. The number of alkyl halides is 1. The Bertz CT molecular complexity index is 1370. The number of hydrogen-bond donors (Lipinski definition) is 1. The largest absolute Gasteiger partial charge is 0.338 e. The van der Waals surface area contributed by atoms with Gasteiger partial charge in [-0.05, 0) is 44.4 Å². The van der Waals surface area contributed by atoms with Gasteiger partial charge in [0.25, 0.3) is 0 Å². The summed E-state index contributed by atoms with van der Waals surface area (Å²) < 4.78 is 35.0. The number of Topliss-reactive ketones (excluding diaryl/α,β-unsaturated/α-hetero) is 1. The van der Waals surface area contributed by atoms with Crippen LogP contribution in [0.15, 0.2) is 35.2 Å². The highest BCUT2D eigenvalue weighted by Gasteiger charge is 2.29. The summed E-state index contributed by atoms with van der Waals surface area (Å²) in [5.74, 6) is 0.0203. The van der Waals surface area contributed by atoms with Gasteiger partial charge >= 0.3 is 0 Å². The van der Waals surface area contributed by atoms with Crippen molar-refractivity contribution >= 4 is 17.5 Å². The number of nitrogens with one attached hydrogen (secondary N) is 1. The summed E-state index contributed by atoms with van der Waals surface area (Å²) in [5.41, 5.74) is 0.263. The minimum Gasteiger partial charge on any atom is -0.338 e. The van der Waals surface area contributed by atoms with Gasteiger partial charge in [0.15, 0.2) is 11.6 Å². The molecule has 10 nitrogen and oxygen atoms in total. The fourth-order valence-corrected chi connectivity index (χ4v) is 3.28.